The van der Waals surface area contributed by atoms with E-state index in [2.05, 4.69) is 17.4 Å². The second-order valence-electron chi connectivity index (χ2n) is 9.04. The normalized spacial score (nSPS) is 15.3. The highest BCUT2D eigenvalue weighted by atomic mass is 35.5. The van der Waals surface area contributed by atoms with Crippen LogP contribution >= 0.6 is 23.2 Å². The molecule has 1 fully saturated rings. The smallest absolute Gasteiger partial charge is 0.251 e. The average Bonchev–Trinajstić information content (AvgIpc) is 2.86. The topological polar surface area (TPSA) is 75.7 Å². The quantitative estimate of drug-likeness (QED) is 0.408. The fourth-order valence-electron chi connectivity index (χ4n) is 4.48. The minimum absolute atomic E-state index is 0.0779. The van der Waals surface area contributed by atoms with Crippen LogP contribution in [-0.2, 0) is 26.7 Å². The molecule has 1 N–H and O–H groups in total. The van der Waals surface area contributed by atoms with E-state index in [0.29, 0.717) is 41.1 Å². The Balaban J connectivity index is 1.47. The van der Waals surface area contributed by atoms with Gasteiger partial charge in [-0.2, -0.15) is 0 Å². The standard InChI is InChI=1S/C27H28Cl2N2O4S/c1-36(33,34)31(25-16-23(28)15-24(29)17-25)18-20-7-9-21(10-8-20)26(32)30-19-27(11-13-35-14-12-27)22-5-3-2-4-6-22/h2-10,15-17H,11-14,18-19H2,1H3,(H,30,32). The van der Waals surface area contributed by atoms with Crippen LogP contribution in [0.15, 0.2) is 72.8 Å². The van der Waals surface area contributed by atoms with Gasteiger partial charge in [-0.3, -0.25) is 9.10 Å². The number of hydrogen-bond donors (Lipinski definition) is 1. The number of carbonyl (C=O) groups excluding carboxylic acids is 1. The molecule has 1 heterocycles. The summed E-state index contributed by atoms with van der Waals surface area (Å²) in [7, 11) is -3.60. The number of benzene rings is 3. The van der Waals surface area contributed by atoms with Crippen molar-refractivity contribution >= 4 is 44.8 Å². The van der Waals surface area contributed by atoms with Gasteiger partial charge in [0.25, 0.3) is 5.91 Å². The maximum Gasteiger partial charge on any atom is 0.251 e. The molecule has 1 saturated heterocycles. The van der Waals surface area contributed by atoms with Gasteiger partial charge in [0, 0.05) is 40.8 Å². The first kappa shape index (κ1) is 26.5. The number of anilines is 1. The third-order valence-corrected chi connectivity index (χ3v) is 8.08. The Morgan fingerprint density at radius 1 is 0.972 bits per heavy atom. The molecule has 9 heteroatoms. The molecule has 0 atom stereocenters. The summed E-state index contributed by atoms with van der Waals surface area (Å²) in [6, 6.07) is 21.8. The number of halogens is 2. The van der Waals surface area contributed by atoms with Crippen molar-refractivity contribution in [3.8, 4) is 0 Å². The molecular weight excluding hydrogens is 519 g/mol. The van der Waals surface area contributed by atoms with Crippen LogP contribution in [0.1, 0.15) is 34.3 Å². The third-order valence-electron chi connectivity index (χ3n) is 6.50. The summed E-state index contributed by atoms with van der Waals surface area (Å²) in [5.41, 5.74) is 2.64. The number of rotatable bonds is 8. The zero-order valence-corrected chi connectivity index (χ0v) is 22.2. The summed E-state index contributed by atoms with van der Waals surface area (Å²) in [6.45, 7) is 1.91. The Hall–Kier alpha value is -2.58. The van der Waals surface area contributed by atoms with Gasteiger partial charge in [0.1, 0.15) is 0 Å². The molecule has 6 nitrogen and oxygen atoms in total. The number of carbonyl (C=O) groups is 1. The van der Waals surface area contributed by atoms with E-state index in [1.807, 2.05) is 18.2 Å². The fraction of sp³-hybridized carbons (Fsp3) is 0.296. The molecule has 36 heavy (non-hydrogen) atoms. The highest BCUT2D eigenvalue weighted by Gasteiger charge is 2.34. The highest BCUT2D eigenvalue weighted by molar-refractivity contribution is 7.92. The molecule has 3 aromatic carbocycles. The van der Waals surface area contributed by atoms with Crippen molar-refractivity contribution in [1.82, 2.24) is 5.32 Å². The van der Waals surface area contributed by atoms with Crippen LogP contribution in [0.4, 0.5) is 5.69 Å². The van der Waals surface area contributed by atoms with E-state index in [1.165, 1.54) is 9.87 Å². The molecule has 0 aromatic heterocycles. The van der Waals surface area contributed by atoms with Crippen molar-refractivity contribution in [2.45, 2.75) is 24.8 Å². The Morgan fingerprint density at radius 3 is 2.17 bits per heavy atom. The summed E-state index contributed by atoms with van der Waals surface area (Å²) < 4.78 is 31.8. The summed E-state index contributed by atoms with van der Waals surface area (Å²) in [6.07, 6.45) is 2.80. The molecule has 1 aliphatic rings. The number of nitrogens with one attached hydrogen (secondary N) is 1. The molecule has 4 rings (SSSR count). The molecule has 1 amide bonds. The lowest BCUT2D eigenvalue weighted by atomic mass is 9.74. The van der Waals surface area contributed by atoms with E-state index < -0.39 is 10.0 Å². The molecule has 0 aliphatic carbocycles. The number of ether oxygens (including phenoxy) is 1. The van der Waals surface area contributed by atoms with Crippen molar-refractivity contribution in [2.24, 2.45) is 0 Å². The van der Waals surface area contributed by atoms with E-state index in [9.17, 15) is 13.2 Å². The Kier molecular flexibility index (Phi) is 8.25. The summed E-state index contributed by atoms with van der Waals surface area (Å²) in [5.74, 6) is -0.176. The van der Waals surface area contributed by atoms with Gasteiger partial charge < -0.3 is 10.1 Å². The van der Waals surface area contributed by atoms with Crippen LogP contribution in [0.25, 0.3) is 0 Å². The largest absolute Gasteiger partial charge is 0.381 e. The molecule has 0 radical (unpaired) electrons. The number of amides is 1. The van der Waals surface area contributed by atoms with Gasteiger partial charge in [-0.1, -0.05) is 65.7 Å². The summed E-state index contributed by atoms with van der Waals surface area (Å²) >= 11 is 12.2. The zero-order chi connectivity index (χ0) is 25.8. The van der Waals surface area contributed by atoms with Crippen molar-refractivity contribution in [3.05, 3.63) is 99.5 Å². The first-order chi connectivity index (χ1) is 17.2. The zero-order valence-electron chi connectivity index (χ0n) is 19.9. The van der Waals surface area contributed by atoms with Crippen LogP contribution in [-0.4, -0.2) is 40.3 Å². The van der Waals surface area contributed by atoms with Crippen LogP contribution in [0, 0.1) is 0 Å². The lowest BCUT2D eigenvalue weighted by Crippen LogP contribution is -2.44. The van der Waals surface area contributed by atoms with E-state index in [-0.39, 0.29) is 17.9 Å². The second kappa shape index (κ2) is 11.2. The molecule has 1 aliphatic heterocycles. The molecule has 0 saturated carbocycles. The number of nitrogens with zero attached hydrogens (tertiary/aromatic N) is 1. The van der Waals surface area contributed by atoms with Crippen LogP contribution in [0.3, 0.4) is 0 Å². The summed E-state index contributed by atoms with van der Waals surface area (Å²) in [5, 5.41) is 3.79. The van der Waals surface area contributed by atoms with Gasteiger partial charge in [-0.25, -0.2) is 8.42 Å². The van der Waals surface area contributed by atoms with E-state index in [0.717, 1.165) is 24.7 Å². The molecule has 190 valence electrons. The van der Waals surface area contributed by atoms with Crippen molar-refractivity contribution < 1.29 is 17.9 Å². The van der Waals surface area contributed by atoms with E-state index in [4.69, 9.17) is 27.9 Å². The minimum Gasteiger partial charge on any atom is -0.381 e. The van der Waals surface area contributed by atoms with Gasteiger partial charge in [-0.05, 0) is 54.3 Å². The number of sulfonamides is 1. The molecule has 3 aromatic rings. The van der Waals surface area contributed by atoms with Gasteiger partial charge >= 0.3 is 0 Å². The average molecular weight is 548 g/mol. The highest BCUT2D eigenvalue weighted by Crippen LogP contribution is 2.34. The SMILES string of the molecule is CS(=O)(=O)N(Cc1ccc(C(=O)NCC2(c3ccccc3)CCOCC2)cc1)c1cc(Cl)cc(Cl)c1. The van der Waals surface area contributed by atoms with Crippen molar-refractivity contribution in [3.63, 3.8) is 0 Å². The van der Waals surface area contributed by atoms with Crippen LogP contribution < -0.4 is 9.62 Å². The Labute approximate surface area is 222 Å². The lowest BCUT2D eigenvalue weighted by molar-refractivity contribution is 0.0487. The fourth-order valence-corrected chi connectivity index (χ4v) is 5.87. The predicted molar refractivity (Wildman–Crippen MR) is 144 cm³/mol. The Morgan fingerprint density at radius 2 is 1.58 bits per heavy atom. The maximum atomic E-state index is 13.0. The lowest BCUT2D eigenvalue weighted by Gasteiger charge is -2.38. The van der Waals surface area contributed by atoms with Gasteiger partial charge in [0.15, 0.2) is 0 Å². The first-order valence-corrected chi connectivity index (χ1v) is 14.2. The minimum atomic E-state index is -3.60. The van der Waals surface area contributed by atoms with Crippen LogP contribution in [0.5, 0.6) is 0 Å². The van der Waals surface area contributed by atoms with E-state index in [1.54, 1.807) is 42.5 Å². The van der Waals surface area contributed by atoms with Gasteiger partial charge in [-0.15, -0.1) is 0 Å². The van der Waals surface area contributed by atoms with Gasteiger partial charge in [0.2, 0.25) is 10.0 Å². The van der Waals surface area contributed by atoms with Crippen LogP contribution in [0.2, 0.25) is 10.0 Å². The van der Waals surface area contributed by atoms with Crippen molar-refractivity contribution in [2.75, 3.05) is 30.3 Å². The van der Waals surface area contributed by atoms with E-state index >= 15 is 0 Å². The summed E-state index contributed by atoms with van der Waals surface area (Å²) in [4.78, 5) is 13.0. The Bertz CT molecular complexity index is 1290. The monoisotopic (exact) mass is 546 g/mol. The number of hydrogen-bond acceptors (Lipinski definition) is 4. The second-order valence-corrected chi connectivity index (χ2v) is 11.8. The first-order valence-electron chi connectivity index (χ1n) is 11.6. The van der Waals surface area contributed by atoms with Gasteiger partial charge in [0.05, 0.1) is 18.5 Å². The molecule has 0 spiro atoms. The molecule has 0 unspecified atom stereocenters. The molecular formula is C27H28Cl2N2O4S. The molecule has 0 bridgehead atoms. The predicted octanol–water partition coefficient (Wildman–Crippen LogP) is 5.44. The van der Waals surface area contributed by atoms with Crippen molar-refractivity contribution in [1.29, 1.82) is 0 Å². The maximum absolute atomic E-state index is 13.0. The third kappa shape index (κ3) is 6.40.